The number of rotatable bonds is 5. The van der Waals surface area contributed by atoms with Crippen molar-refractivity contribution in [1.29, 1.82) is 0 Å². The lowest BCUT2D eigenvalue weighted by Crippen LogP contribution is -2.34. The van der Waals surface area contributed by atoms with Gasteiger partial charge in [0.25, 0.3) is 5.91 Å². The van der Waals surface area contributed by atoms with E-state index in [1.807, 2.05) is 4.68 Å². The highest BCUT2D eigenvalue weighted by atomic mass is 35.5. The first-order valence-electron chi connectivity index (χ1n) is 8.35. The number of hydrogen-bond acceptors (Lipinski definition) is 4. The highest BCUT2D eigenvalue weighted by molar-refractivity contribution is 6.31. The number of carbonyl (C=O) groups excluding carboxylic acids is 1. The van der Waals surface area contributed by atoms with Gasteiger partial charge in [0.05, 0.1) is 22.3 Å². The van der Waals surface area contributed by atoms with E-state index in [4.69, 9.17) is 17.3 Å². The molecule has 0 spiro atoms. The molecule has 25 heavy (non-hydrogen) atoms. The number of nitrogens with one attached hydrogen (secondary N) is 2. The zero-order chi connectivity index (χ0) is 17.6. The molecule has 8 heteroatoms. The van der Waals surface area contributed by atoms with Crippen LogP contribution in [0.5, 0.6) is 0 Å². The number of primary amides is 1. The molecular weight excluding hydrogens is 345 g/mol. The lowest BCUT2D eigenvalue weighted by molar-refractivity contribution is 0.0999. The number of hydrogen-bond donors (Lipinski definition) is 3. The van der Waals surface area contributed by atoms with Crippen molar-refractivity contribution >= 4 is 17.5 Å². The Kier molecular flexibility index (Phi) is 4.23. The number of nitrogens with two attached hydrogens (primary N) is 1. The fraction of sp³-hybridized carbons (Fsp3) is 0.412. The minimum absolute atomic E-state index is 0.00613. The maximum absolute atomic E-state index is 13.5. The molecule has 1 aromatic carbocycles. The van der Waals surface area contributed by atoms with Gasteiger partial charge < -0.3 is 16.4 Å². The quantitative estimate of drug-likeness (QED) is 0.706. The normalized spacial score (nSPS) is 21.8. The molecule has 0 aliphatic carbocycles. The van der Waals surface area contributed by atoms with Crippen molar-refractivity contribution in [3.8, 4) is 11.3 Å². The summed E-state index contributed by atoms with van der Waals surface area (Å²) in [6.45, 7) is 2.39. The largest absolute Gasteiger partial charge is 0.365 e. The molecule has 2 aliphatic heterocycles. The predicted octanol–water partition coefficient (Wildman–Crippen LogP) is 1.84. The molecule has 1 aromatic heterocycles. The Balaban J connectivity index is 1.76. The Morgan fingerprint density at radius 2 is 2.20 bits per heavy atom. The number of benzene rings is 1. The molecule has 6 nitrogen and oxygen atoms in total. The molecule has 1 fully saturated rings. The number of aromatic nitrogens is 2. The Morgan fingerprint density at radius 3 is 2.88 bits per heavy atom. The van der Waals surface area contributed by atoms with E-state index in [0.29, 0.717) is 29.4 Å². The molecular formula is C17H19ClFN5O. The molecule has 1 amide bonds. The highest BCUT2D eigenvalue weighted by Crippen LogP contribution is 2.32. The van der Waals surface area contributed by atoms with Crippen LogP contribution in [0.4, 0.5) is 4.39 Å². The molecule has 2 aliphatic rings. The van der Waals surface area contributed by atoms with Crippen LogP contribution in [0.15, 0.2) is 18.2 Å². The van der Waals surface area contributed by atoms with Gasteiger partial charge >= 0.3 is 0 Å². The van der Waals surface area contributed by atoms with E-state index in [-0.39, 0.29) is 11.1 Å². The van der Waals surface area contributed by atoms with Crippen LogP contribution in [0.3, 0.4) is 0 Å². The molecule has 1 saturated heterocycles. The van der Waals surface area contributed by atoms with Gasteiger partial charge in [-0.15, -0.1) is 0 Å². The van der Waals surface area contributed by atoms with Crippen molar-refractivity contribution < 1.29 is 9.18 Å². The third-order valence-corrected chi connectivity index (χ3v) is 5.10. The van der Waals surface area contributed by atoms with Crippen LogP contribution in [0.1, 0.15) is 34.9 Å². The van der Waals surface area contributed by atoms with Gasteiger partial charge in [-0.05, 0) is 31.0 Å². The topological polar surface area (TPSA) is 94.9 Å². The van der Waals surface area contributed by atoms with Crippen LogP contribution in [-0.4, -0.2) is 34.8 Å². The van der Waals surface area contributed by atoms with E-state index in [1.54, 1.807) is 6.07 Å². The van der Waals surface area contributed by atoms with Crippen LogP contribution >= 0.6 is 11.6 Å². The first kappa shape index (κ1) is 16.5. The Hall–Kier alpha value is -1.96. The Morgan fingerprint density at radius 1 is 1.40 bits per heavy atom. The maximum Gasteiger partial charge on any atom is 0.252 e. The van der Waals surface area contributed by atoms with Crippen LogP contribution in [0, 0.1) is 5.82 Å². The lowest BCUT2D eigenvalue weighted by atomic mass is 10.0. The van der Waals surface area contributed by atoms with Crippen LogP contribution < -0.4 is 16.4 Å². The van der Waals surface area contributed by atoms with E-state index >= 15 is 0 Å². The first-order chi connectivity index (χ1) is 12.0. The lowest BCUT2D eigenvalue weighted by Gasteiger charge is -2.25. The second-order valence-corrected chi connectivity index (χ2v) is 6.98. The van der Waals surface area contributed by atoms with E-state index in [9.17, 15) is 9.18 Å². The zero-order valence-corrected chi connectivity index (χ0v) is 14.3. The van der Waals surface area contributed by atoms with Gasteiger partial charge in [-0.25, -0.2) is 4.39 Å². The van der Waals surface area contributed by atoms with Crippen LogP contribution in [0.25, 0.3) is 11.3 Å². The van der Waals surface area contributed by atoms with Gasteiger partial charge in [0.15, 0.2) is 0 Å². The van der Waals surface area contributed by atoms with Crippen molar-refractivity contribution in [3.63, 3.8) is 0 Å². The zero-order valence-electron chi connectivity index (χ0n) is 13.6. The fourth-order valence-electron chi connectivity index (χ4n) is 3.39. The Labute approximate surface area is 149 Å². The number of halogens is 2. The van der Waals surface area contributed by atoms with Crippen molar-refractivity contribution in [2.24, 2.45) is 5.73 Å². The summed E-state index contributed by atoms with van der Waals surface area (Å²) in [6.07, 6.45) is 2.02. The number of nitrogens with zero attached hydrogens (tertiary/aromatic N) is 2. The molecule has 3 heterocycles. The monoisotopic (exact) mass is 363 g/mol. The van der Waals surface area contributed by atoms with Crippen LogP contribution in [0.2, 0.25) is 5.02 Å². The van der Waals surface area contributed by atoms with Gasteiger partial charge in [0.2, 0.25) is 0 Å². The second kappa shape index (κ2) is 6.40. The van der Waals surface area contributed by atoms with Crippen LogP contribution in [-0.2, 0) is 6.54 Å². The fourth-order valence-corrected chi connectivity index (χ4v) is 3.57. The summed E-state index contributed by atoms with van der Waals surface area (Å²) in [5, 5.41) is 11.3. The minimum atomic E-state index is -0.539. The van der Waals surface area contributed by atoms with Gasteiger partial charge in [0.1, 0.15) is 11.5 Å². The maximum atomic E-state index is 13.5. The Bertz CT molecular complexity index is 833. The number of amides is 1. The summed E-state index contributed by atoms with van der Waals surface area (Å²) in [4.78, 5) is 12.1. The van der Waals surface area contributed by atoms with E-state index in [2.05, 4.69) is 15.7 Å². The molecule has 0 radical (unpaired) electrons. The van der Waals surface area contributed by atoms with E-state index in [0.717, 1.165) is 31.6 Å². The second-order valence-electron chi connectivity index (χ2n) is 6.58. The van der Waals surface area contributed by atoms with Crippen molar-refractivity contribution in [1.82, 2.24) is 20.4 Å². The summed E-state index contributed by atoms with van der Waals surface area (Å²) in [6, 6.07) is 5.07. The van der Waals surface area contributed by atoms with E-state index < -0.39 is 11.7 Å². The molecule has 0 saturated carbocycles. The highest BCUT2D eigenvalue weighted by Gasteiger charge is 2.31. The molecule has 2 unspecified atom stereocenters. The number of carbonyl (C=O) groups is 1. The number of fused-ring (bicyclic) bond motifs is 1. The minimum Gasteiger partial charge on any atom is -0.365 e. The van der Waals surface area contributed by atoms with Crippen molar-refractivity contribution in [2.75, 3.05) is 13.1 Å². The predicted molar refractivity (Wildman–Crippen MR) is 92.9 cm³/mol. The smallest absolute Gasteiger partial charge is 0.252 e. The third kappa shape index (κ3) is 3.15. The van der Waals surface area contributed by atoms with Gasteiger partial charge in [-0.2, -0.15) is 5.10 Å². The average Bonchev–Trinajstić information content (AvgIpc) is 3.32. The average molecular weight is 364 g/mol. The molecule has 2 aromatic rings. The summed E-state index contributed by atoms with van der Waals surface area (Å²) < 4.78 is 15.4. The molecule has 4 rings (SSSR count). The van der Waals surface area contributed by atoms with Gasteiger partial charge in [-0.1, -0.05) is 11.6 Å². The van der Waals surface area contributed by atoms with Gasteiger partial charge in [0, 0.05) is 31.2 Å². The molecule has 4 N–H and O–H groups in total. The van der Waals surface area contributed by atoms with Gasteiger partial charge in [-0.3, -0.25) is 9.48 Å². The molecule has 132 valence electrons. The molecule has 2 atom stereocenters. The van der Waals surface area contributed by atoms with Crippen molar-refractivity contribution in [2.45, 2.75) is 31.5 Å². The summed E-state index contributed by atoms with van der Waals surface area (Å²) >= 11 is 5.90. The summed E-state index contributed by atoms with van der Waals surface area (Å²) in [5.41, 5.74) is 7.84. The summed E-state index contributed by atoms with van der Waals surface area (Å²) in [5.74, 6) is -1.05. The van der Waals surface area contributed by atoms with Crippen molar-refractivity contribution in [3.05, 3.63) is 40.3 Å². The first-order valence-corrected chi connectivity index (χ1v) is 8.73. The summed E-state index contributed by atoms with van der Waals surface area (Å²) in [7, 11) is 0. The standard InChI is InChI=1S/C17H19ClFN5O/c18-12-5-9(1-4-13(12)19)16-15(17(20)25)14-8-21-7-11(24(14)23-16)3-2-10-6-22-10/h1,4-5,10-11,21-22H,2-3,6-8H2,(H2,20,25). The third-order valence-electron chi connectivity index (χ3n) is 4.81. The van der Waals surface area contributed by atoms with E-state index in [1.165, 1.54) is 12.1 Å². The SMILES string of the molecule is NC(=O)c1c(-c2ccc(F)c(Cl)c2)nn2c1CNCC2CCC1CN1. The molecule has 0 bridgehead atoms.